The predicted octanol–water partition coefficient (Wildman–Crippen LogP) is 3.81. The highest BCUT2D eigenvalue weighted by molar-refractivity contribution is 9.10. The molecule has 0 atom stereocenters. The van der Waals surface area contributed by atoms with E-state index in [1.165, 1.54) is 6.07 Å². The zero-order chi connectivity index (χ0) is 14.4. The van der Waals surface area contributed by atoms with E-state index in [1.807, 2.05) is 6.07 Å². The molecule has 0 aliphatic rings. The van der Waals surface area contributed by atoms with E-state index in [0.717, 1.165) is 17.4 Å². The average Bonchev–Trinajstić information content (AvgIpc) is 2.46. The lowest BCUT2D eigenvalue weighted by Gasteiger charge is -2.10. The molecule has 0 unspecified atom stereocenters. The Labute approximate surface area is 126 Å². The minimum atomic E-state index is -0.227. The van der Waals surface area contributed by atoms with Gasteiger partial charge in [0.25, 0.3) is 0 Å². The Morgan fingerprint density at radius 2 is 2.05 bits per heavy atom. The molecule has 0 fully saturated rings. The Kier molecular flexibility index (Phi) is 5.29. The first-order valence-corrected chi connectivity index (χ1v) is 7.23. The van der Waals surface area contributed by atoms with E-state index in [9.17, 15) is 4.39 Å². The molecule has 2 rings (SSSR count). The molecular formula is C14H16BrFN4. The zero-order valence-corrected chi connectivity index (χ0v) is 12.7. The van der Waals surface area contributed by atoms with E-state index in [-0.39, 0.29) is 5.82 Å². The lowest BCUT2D eigenvalue weighted by molar-refractivity contribution is 0.613. The maximum Gasteiger partial charge on any atom is 0.224 e. The van der Waals surface area contributed by atoms with Crippen LogP contribution in [-0.2, 0) is 6.54 Å². The highest BCUT2D eigenvalue weighted by atomic mass is 79.9. The molecule has 0 saturated heterocycles. The van der Waals surface area contributed by atoms with Gasteiger partial charge in [0.15, 0.2) is 0 Å². The van der Waals surface area contributed by atoms with Crippen molar-refractivity contribution in [1.82, 2.24) is 9.97 Å². The van der Waals surface area contributed by atoms with E-state index in [4.69, 9.17) is 0 Å². The van der Waals surface area contributed by atoms with Crippen molar-refractivity contribution in [1.29, 1.82) is 0 Å². The van der Waals surface area contributed by atoms with Crippen molar-refractivity contribution >= 4 is 27.7 Å². The van der Waals surface area contributed by atoms with Crippen LogP contribution in [0.2, 0.25) is 0 Å². The summed E-state index contributed by atoms with van der Waals surface area (Å²) in [5.41, 5.74) is 0.598. The molecule has 106 valence electrons. The maximum absolute atomic E-state index is 13.5. The highest BCUT2D eigenvalue weighted by Gasteiger charge is 2.06. The Balaban J connectivity index is 2.07. The van der Waals surface area contributed by atoms with Gasteiger partial charge in [0.2, 0.25) is 5.95 Å². The lowest BCUT2D eigenvalue weighted by atomic mass is 10.2. The van der Waals surface area contributed by atoms with Crippen LogP contribution in [0.25, 0.3) is 0 Å². The predicted molar refractivity (Wildman–Crippen MR) is 82.2 cm³/mol. The Hall–Kier alpha value is -1.69. The lowest BCUT2D eigenvalue weighted by Crippen LogP contribution is -2.08. The summed E-state index contributed by atoms with van der Waals surface area (Å²) >= 11 is 3.38. The number of halogens is 2. The van der Waals surface area contributed by atoms with Gasteiger partial charge < -0.3 is 10.6 Å². The van der Waals surface area contributed by atoms with Crippen LogP contribution < -0.4 is 10.6 Å². The van der Waals surface area contributed by atoms with Gasteiger partial charge in [-0.2, -0.15) is 4.98 Å². The fourth-order valence-electron chi connectivity index (χ4n) is 1.63. The smallest absolute Gasteiger partial charge is 0.224 e. The molecule has 2 N–H and O–H groups in total. The monoisotopic (exact) mass is 338 g/mol. The van der Waals surface area contributed by atoms with Gasteiger partial charge in [0.1, 0.15) is 11.6 Å². The van der Waals surface area contributed by atoms with Crippen LogP contribution in [0.4, 0.5) is 16.2 Å². The minimum Gasteiger partial charge on any atom is -0.365 e. The van der Waals surface area contributed by atoms with Gasteiger partial charge in [0.05, 0.1) is 4.47 Å². The summed E-state index contributed by atoms with van der Waals surface area (Å²) in [6.45, 7) is 3.26. The second-order valence-corrected chi connectivity index (χ2v) is 5.12. The summed E-state index contributed by atoms with van der Waals surface area (Å²) in [7, 11) is 0. The van der Waals surface area contributed by atoms with Crippen LogP contribution in [0.15, 0.2) is 34.9 Å². The van der Waals surface area contributed by atoms with Crippen molar-refractivity contribution in [3.05, 3.63) is 46.3 Å². The highest BCUT2D eigenvalue weighted by Crippen LogP contribution is 2.21. The normalized spacial score (nSPS) is 10.3. The molecular weight excluding hydrogens is 323 g/mol. The summed E-state index contributed by atoms with van der Waals surface area (Å²) in [5, 5.41) is 6.22. The molecule has 0 amide bonds. The molecule has 0 aliphatic carbocycles. The van der Waals surface area contributed by atoms with E-state index < -0.39 is 0 Å². The molecule has 0 spiro atoms. The van der Waals surface area contributed by atoms with E-state index in [1.54, 1.807) is 18.3 Å². The summed E-state index contributed by atoms with van der Waals surface area (Å²) < 4.78 is 14.3. The van der Waals surface area contributed by atoms with Crippen molar-refractivity contribution in [2.75, 3.05) is 17.2 Å². The van der Waals surface area contributed by atoms with Crippen LogP contribution in [0.3, 0.4) is 0 Å². The van der Waals surface area contributed by atoms with Crippen molar-refractivity contribution in [3.8, 4) is 0 Å². The number of anilines is 2. The van der Waals surface area contributed by atoms with Gasteiger partial charge in [-0.1, -0.05) is 25.1 Å². The van der Waals surface area contributed by atoms with Crippen LogP contribution >= 0.6 is 15.9 Å². The molecule has 0 saturated carbocycles. The van der Waals surface area contributed by atoms with Crippen molar-refractivity contribution in [3.63, 3.8) is 0 Å². The molecule has 1 aromatic heterocycles. The number of hydrogen-bond donors (Lipinski definition) is 2. The van der Waals surface area contributed by atoms with Gasteiger partial charge in [-0.3, -0.25) is 0 Å². The molecule has 4 nitrogen and oxygen atoms in total. The number of hydrogen-bond acceptors (Lipinski definition) is 4. The molecule has 1 heterocycles. The molecule has 6 heteroatoms. The average molecular weight is 339 g/mol. The second-order valence-electron chi connectivity index (χ2n) is 4.26. The van der Waals surface area contributed by atoms with Crippen molar-refractivity contribution in [2.45, 2.75) is 19.9 Å². The summed E-state index contributed by atoms with van der Waals surface area (Å²) in [4.78, 5) is 8.52. The number of aromatic nitrogens is 2. The van der Waals surface area contributed by atoms with Crippen LogP contribution in [0.1, 0.15) is 18.9 Å². The molecule has 0 aliphatic heterocycles. The number of nitrogens with one attached hydrogen (secondary N) is 2. The quantitative estimate of drug-likeness (QED) is 0.840. The fraction of sp³-hybridized carbons (Fsp3) is 0.286. The molecule has 1 aromatic carbocycles. The zero-order valence-electron chi connectivity index (χ0n) is 11.2. The number of rotatable bonds is 6. The third kappa shape index (κ3) is 3.90. The van der Waals surface area contributed by atoms with Gasteiger partial charge in [-0.15, -0.1) is 0 Å². The standard InChI is InChI=1S/C14H16BrFN4/c1-2-7-17-14-19-9-11(15)13(20-14)18-8-10-5-3-4-6-12(10)16/h3-6,9H,2,7-8H2,1H3,(H2,17,18,19,20). The van der Waals surface area contributed by atoms with Crippen LogP contribution in [0.5, 0.6) is 0 Å². The first-order valence-electron chi connectivity index (χ1n) is 6.44. The number of nitrogens with zero attached hydrogens (tertiary/aromatic N) is 2. The van der Waals surface area contributed by atoms with E-state index in [0.29, 0.717) is 23.9 Å². The van der Waals surface area contributed by atoms with Gasteiger partial charge >= 0.3 is 0 Å². The minimum absolute atomic E-state index is 0.227. The third-order valence-corrected chi connectivity index (χ3v) is 3.26. The number of benzene rings is 1. The van der Waals surface area contributed by atoms with Crippen molar-refractivity contribution < 1.29 is 4.39 Å². The largest absolute Gasteiger partial charge is 0.365 e. The SMILES string of the molecule is CCCNc1ncc(Br)c(NCc2ccccc2F)n1. The van der Waals surface area contributed by atoms with Crippen molar-refractivity contribution in [2.24, 2.45) is 0 Å². The Bertz CT molecular complexity index is 577. The topological polar surface area (TPSA) is 49.8 Å². The van der Waals surface area contributed by atoms with E-state index >= 15 is 0 Å². The van der Waals surface area contributed by atoms with Crippen LogP contribution in [0, 0.1) is 5.82 Å². The molecule has 20 heavy (non-hydrogen) atoms. The Morgan fingerprint density at radius 3 is 2.80 bits per heavy atom. The van der Waals surface area contributed by atoms with Crippen LogP contribution in [-0.4, -0.2) is 16.5 Å². The first kappa shape index (κ1) is 14.7. The van der Waals surface area contributed by atoms with E-state index in [2.05, 4.69) is 43.5 Å². The molecule has 2 aromatic rings. The molecule has 0 bridgehead atoms. The third-order valence-electron chi connectivity index (χ3n) is 2.68. The second kappa shape index (κ2) is 7.19. The summed E-state index contributed by atoms with van der Waals surface area (Å²) in [6, 6.07) is 6.67. The fourth-order valence-corrected chi connectivity index (χ4v) is 1.96. The summed E-state index contributed by atoms with van der Waals surface area (Å²) in [5.74, 6) is 0.974. The maximum atomic E-state index is 13.5. The Morgan fingerprint density at radius 1 is 1.25 bits per heavy atom. The summed E-state index contributed by atoms with van der Waals surface area (Å²) in [6.07, 6.45) is 2.67. The van der Waals surface area contributed by atoms with Gasteiger partial charge in [-0.05, 0) is 28.4 Å². The van der Waals surface area contributed by atoms with Gasteiger partial charge in [-0.25, -0.2) is 9.37 Å². The molecule has 0 radical (unpaired) electrons. The first-order chi connectivity index (χ1) is 9.70. The van der Waals surface area contributed by atoms with Gasteiger partial charge in [0, 0.05) is 24.8 Å².